The van der Waals surface area contributed by atoms with Gasteiger partial charge in [-0.05, 0) is 74.6 Å². The van der Waals surface area contributed by atoms with Gasteiger partial charge in [-0.25, -0.2) is 4.79 Å². The highest BCUT2D eigenvalue weighted by Crippen LogP contribution is 2.40. The quantitative estimate of drug-likeness (QED) is 0.550. The van der Waals surface area contributed by atoms with Crippen LogP contribution in [-0.2, 0) is 16.9 Å². The van der Waals surface area contributed by atoms with Gasteiger partial charge < -0.3 is 4.90 Å². The lowest BCUT2D eigenvalue weighted by Gasteiger charge is -2.28. The third-order valence-electron chi connectivity index (χ3n) is 6.83. The fourth-order valence-electron chi connectivity index (χ4n) is 4.72. The van der Waals surface area contributed by atoms with E-state index in [0.717, 1.165) is 31.2 Å². The van der Waals surface area contributed by atoms with Crippen LogP contribution < -0.4 is 16.4 Å². The second kappa shape index (κ2) is 8.31. The van der Waals surface area contributed by atoms with Crippen molar-refractivity contribution < 1.29 is 4.79 Å². The molecular formula is C23H30N4O3S. The summed E-state index contributed by atoms with van der Waals surface area (Å²) in [7, 11) is 0. The van der Waals surface area contributed by atoms with Gasteiger partial charge in [0.25, 0.3) is 5.56 Å². The lowest BCUT2D eigenvalue weighted by Crippen LogP contribution is -2.52. The van der Waals surface area contributed by atoms with Crippen LogP contribution in [0.3, 0.4) is 0 Å². The van der Waals surface area contributed by atoms with Gasteiger partial charge in [-0.3, -0.25) is 23.9 Å². The largest absolute Gasteiger partial charge is 0.337 e. The molecule has 1 aromatic heterocycles. The Balaban J connectivity index is 0.00000112. The molecule has 1 aromatic carbocycles. The first-order chi connectivity index (χ1) is 14.9. The van der Waals surface area contributed by atoms with Crippen molar-refractivity contribution in [2.75, 3.05) is 13.1 Å². The number of hydrogen-bond acceptors (Lipinski definition) is 5. The maximum absolute atomic E-state index is 13.6. The fraction of sp³-hybridized carbons (Fsp3) is 0.522. The smallest absolute Gasteiger partial charge is 0.332 e. The lowest BCUT2D eigenvalue weighted by molar-refractivity contribution is -0.125. The van der Waals surface area contributed by atoms with Crippen molar-refractivity contribution in [2.45, 2.75) is 57.0 Å². The van der Waals surface area contributed by atoms with Crippen molar-refractivity contribution in [1.29, 1.82) is 0 Å². The molecule has 5 rings (SSSR count). The summed E-state index contributed by atoms with van der Waals surface area (Å²) in [6.45, 7) is 7.01. The summed E-state index contributed by atoms with van der Waals surface area (Å²) in [5.74, 6) is 0.899. The topological polar surface area (TPSA) is 90.3 Å². The van der Waals surface area contributed by atoms with Crippen LogP contribution in [0.1, 0.15) is 50.5 Å². The summed E-state index contributed by atoms with van der Waals surface area (Å²) in [5, 5.41) is 4.82. The van der Waals surface area contributed by atoms with Crippen LogP contribution in [0.2, 0.25) is 0 Å². The molecule has 2 saturated carbocycles. The number of carbonyl (C=O) groups excluding carboxylic acids is 1. The number of amides is 1. The van der Waals surface area contributed by atoms with Gasteiger partial charge in [-0.1, -0.05) is 12.6 Å². The van der Waals surface area contributed by atoms with Crippen LogP contribution in [-0.4, -0.2) is 33.0 Å². The highest BCUT2D eigenvalue weighted by atomic mass is 32.1. The van der Waals surface area contributed by atoms with Crippen molar-refractivity contribution >= 4 is 29.6 Å². The van der Waals surface area contributed by atoms with E-state index in [2.05, 4.69) is 30.6 Å². The molecule has 2 N–H and O–H groups in total. The van der Waals surface area contributed by atoms with E-state index in [1.54, 1.807) is 9.47 Å². The third kappa shape index (κ3) is 3.99. The zero-order valence-corrected chi connectivity index (χ0v) is 18.8. The molecular weight excluding hydrogens is 412 g/mol. The number of likely N-dealkylation sites (tertiary alicyclic amines) is 1. The number of rotatable bonds is 5. The summed E-state index contributed by atoms with van der Waals surface area (Å²) in [4.78, 5) is 40.9. The molecule has 0 radical (unpaired) electrons. The molecule has 8 heteroatoms. The van der Waals surface area contributed by atoms with Gasteiger partial charge in [-0.15, -0.1) is 12.8 Å². The van der Waals surface area contributed by atoms with Crippen LogP contribution in [0.5, 0.6) is 0 Å². The molecule has 0 spiro atoms. The van der Waals surface area contributed by atoms with E-state index in [1.807, 2.05) is 19.1 Å². The molecule has 1 saturated heterocycles. The van der Waals surface area contributed by atoms with Crippen LogP contribution in [0.25, 0.3) is 10.9 Å². The van der Waals surface area contributed by atoms with Crippen LogP contribution in [0.15, 0.2) is 40.4 Å². The predicted octanol–water partition coefficient (Wildman–Crippen LogP) is 2.37. The molecule has 3 aliphatic rings. The number of carbonyl (C=O) groups is 1. The molecule has 166 valence electrons. The van der Waals surface area contributed by atoms with E-state index >= 15 is 0 Å². The third-order valence-corrected chi connectivity index (χ3v) is 6.83. The van der Waals surface area contributed by atoms with Gasteiger partial charge in [0.2, 0.25) is 5.91 Å². The number of nitrogens with zero attached hydrogens (tertiary/aromatic N) is 3. The Morgan fingerprint density at radius 1 is 1.26 bits per heavy atom. The zero-order valence-electron chi connectivity index (χ0n) is 17.9. The minimum absolute atomic E-state index is 0.156. The van der Waals surface area contributed by atoms with Gasteiger partial charge in [0.05, 0.1) is 16.4 Å². The minimum atomic E-state index is -0.706. The number of hydrogen-bond donors (Lipinski definition) is 2. The van der Waals surface area contributed by atoms with Crippen LogP contribution >= 0.6 is 12.8 Å². The highest BCUT2D eigenvalue weighted by Gasteiger charge is 2.40. The molecule has 31 heavy (non-hydrogen) atoms. The van der Waals surface area contributed by atoms with E-state index in [9.17, 15) is 14.4 Å². The van der Waals surface area contributed by atoms with Crippen LogP contribution in [0.4, 0.5) is 0 Å². The molecule has 1 amide bonds. The summed E-state index contributed by atoms with van der Waals surface area (Å²) in [6, 6.07) is 6.04. The Bertz CT molecular complexity index is 1150. The average Bonchev–Trinajstić information content (AvgIpc) is 3.71. The summed E-state index contributed by atoms with van der Waals surface area (Å²) in [6.07, 6.45) is 6.47. The zero-order chi connectivity index (χ0) is 22.3. The second-order valence-electron chi connectivity index (χ2n) is 9.24. The van der Waals surface area contributed by atoms with E-state index in [4.69, 9.17) is 0 Å². The normalized spacial score (nSPS) is 22.9. The molecule has 2 aliphatic carbocycles. The maximum atomic E-state index is 13.6. The van der Waals surface area contributed by atoms with Crippen molar-refractivity contribution in [2.24, 2.45) is 11.1 Å². The van der Waals surface area contributed by atoms with Gasteiger partial charge in [0.15, 0.2) is 0 Å². The first kappa shape index (κ1) is 21.9. The van der Waals surface area contributed by atoms with Gasteiger partial charge >= 0.3 is 5.69 Å². The molecule has 1 aliphatic heterocycles. The maximum Gasteiger partial charge on any atom is 0.332 e. The first-order valence-corrected chi connectivity index (χ1v) is 11.4. The molecule has 0 bridgehead atoms. The molecule has 2 aromatic rings. The SMILES string of the molecule is C=CC(=O)N1CCC(C)(n2c(=O)c3cc(C4CC4)ccc3n(CC3CC3)c2=O)C1.NS. The molecule has 1 unspecified atom stereocenters. The number of benzene rings is 1. The minimum Gasteiger partial charge on any atom is -0.337 e. The van der Waals surface area contributed by atoms with Crippen molar-refractivity contribution in [3.8, 4) is 0 Å². The Kier molecular flexibility index (Phi) is 5.87. The van der Waals surface area contributed by atoms with Crippen molar-refractivity contribution in [3.05, 3.63) is 57.3 Å². The fourth-order valence-corrected chi connectivity index (χ4v) is 4.72. The van der Waals surface area contributed by atoms with Crippen LogP contribution in [0, 0.1) is 5.92 Å². The Hall–Kier alpha value is -2.32. The summed E-state index contributed by atoms with van der Waals surface area (Å²) < 4.78 is 3.24. The second-order valence-corrected chi connectivity index (χ2v) is 9.24. The van der Waals surface area contributed by atoms with E-state index in [0.29, 0.717) is 43.3 Å². The average molecular weight is 443 g/mol. The van der Waals surface area contributed by atoms with Crippen molar-refractivity contribution in [1.82, 2.24) is 14.0 Å². The number of aromatic nitrogens is 2. The van der Waals surface area contributed by atoms with E-state index in [-0.39, 0.29) is 17.2 Å². The number of nitrogens with two attached hydrogens (primary N) is 1. The Labute approximate surface area is 187 Å². The van der Waals surface area contributed by atoms with E-state index in [1.165, 1.54) is 16.2 Å². The standard InChI is InChI=1S/C23H27N3O3.H3NS/c1-3-20(27)24-11-10-23(2,14-24)26-21(28)18-12-17(16-6-7-16)8-9-19(18)25(22(26)29)13-15-4-5-15;1-2/h3,8-9,12,15-16H,1,4-7,10-11,13-14H2,2H3;2H,1H2. The molecule has 7 nitrogen and oxygen atoms in total. The number of fused-ring (bicyclic) bond motifs is 1. The van der Waals surface area contributed by atoms with Crippen molar-refractivity contribution in [3.63, 3.8) is 0 Å². The highest BCUT2D eigenvalue weighted by molar-refractivity contribution is 7.77. The Morgan fingerprint density at radius 2 is 1.97 bits per heavy atom. The van der Waals surface area contributed by atoms with Gasteiger partial charge in [0.1, 0.15) is 0 Å². The monoisotopic (exact) mass is 442 g/mol. The Morgan fingerprint density at radius 3 is 2.58 bits per heavy atom. The van der Waals surface area contributed by atoms with E-state index < -0.39 is 5.54 Å². The first-order valence-electron chi connectivity index (χ1n) is 10.9. The lowest BCUT2D eigenvalue weighted by atomic mass is 10.0. The summed E-state index contributed by atoms with van der Waals surface area (Å²) >= 11 is 3.03. The predicted molar refractivity (Wildman–Crippen MR) is 125 cm³/mol. The molecule has 1 atom stereocenters. The summed E-state index contributed by atoms with van der Waals surface area (Å²) in [5.41, 5.74) is 0.756. The van der Waals surface area contributed by atoms with Gasteiger partial charge in [0, 0.05) is 19.6 Å². The molecule has 3 fully saturated rings. The van der Waals surface area contributed by atoms with Gasteiger partial charge in [-0.2, -0.15) is 0 Å². The molecule has 2 heterocycles. The number of thiol groups is 1.